The Bertz CT molecular complexity index is 676. The largest absolute Gasteiger partial charge is 0.465 e. The third kappa shape index (κ3) is 3.91. The summed E-state index contributed by atoms with van der Waals surface area (Å²) in [6, 6.07) is 11.2. The molecule has 1 aliphatic heterocycles. The van der Waals surface area contributed by atoms with E-state index in [2.05, 4.69) is 10.3 Å². The van der Waals surface area contributed by atoms with Crippen molar-refractivity contribution in [2.75, 3.05) is 25.0 Å². The maximum atomic E-state index is 11.1. The summed E-state index contributed by atoms with van der Waals surface area (Å²) >= 11 is 5.81. The van der Waals surface area contributed by atoms with Crippen LogP contribution < -0.4 is 5.32 Å². The molecule has 1 atom stereocenters. The zero-order valence-electron chi connectivity index (χ0n) is 12.3. The zero-order valence-corrected chi connectivity index (χ0v) is 13.0. The molecule has 0 aliphatic carbocycles. The molecule has 7 heteroatoms. The molecule has 2 heterocycles. The van der Waals surface area contributed by atoms with E-state index in [0.717, 1.165) is 11.3 Å². The lowest BCUT2D eigenvalue weighted by atomic mass is 10.1. The van der Waals surface area contributed by atoms with Crippen molar-refractivity contribution in [1.29, 1.82) is 0 Å². The number of anilines is 2. The lowest BCUT2D eigenvalue weighted by Gasteiger charge is -2.31. The Labute approximate surface area is 138 Å². The van der Waals surface area contributed by atoms with Crippen LogP contribution in [0.3, 0.4) is 0 Å². The molecule has 2 aromatic rings. The van der Waals surface area contributed by atoms with Gasteiger partial charge in [0.05, 0.1) is 18.2 Å². The fourth-order valence-corrected chi connectivity index (χ4v) is 2.52. The Kier molecular flexibility index (Phi) is 4.64. The summed E-state index contributed by atoms with van der Waals surface area (Å²) in [5.74, 6) is 0.702. The number of carboxylic acid groups (broad SMARTS) is 1. The number of amides is 1. The van der Waals surface area contributed by atoms with E-state index in [1.165, 1.54) is 4.90 Å². The smallest absolute Gasteiger partial charge is 0.407 e. The summed E-state index contributed by atoms with van der Waals surface area (Å²) in [6.07, 6.45) is 0.433. The highest BCUT2D eigenvalue weighted by molar-refractivity contribution is 6.30. The number of benzene rings is 1. The van der Waals surface area contributed by atoms with Gasteiger partial charge < -0.3 is 20.1 Å². The van der Waals surface area contributed by atoms with E-state index >= 15 is 0 Å². The molecule has 1 saturated heterocycles. The summed E-state index contributed by atoms with van der Waals surface area (Å²) in [7, 11) is 0. The number of hydrogen-bond acceptors (Lipinski definition) is 4. The maximum absolute atomic E-state index is 11.1. The highest BCUT2D eigenvalue weighted by atomic mass is 35.5. The molecule has 0 bridgehead atoms. The van der Waals surface area contributed by atoms with Gasteiger partial charge in [-0.15, -0.1) is 0 Å². The van der Waals surface area contributed by atoms with Gasteiger partial charge in [-0.3, -0.25) is 0 Å². The van der Waals surface area contributed by atoms with E-state index in [-0.39, 0.29) is 6.10 Å². The minimum atomic E-state index is -0.912. The van der Waals surface area contributed by atoms with Crippen molar-refractivity contribution in [3.63, 3.8) is 0 Å². The molecule has 6 nitrogen and oxygen atoms in total. The fraction of sp³-hybridized carbons (Fsp3) is 0.250. The molecule has 1 aromatic carbocycles. The number of nitrogens with one attached hydrogen (secondary N) is 1. The van der Waals surface area contributed by atoms with Crippen molar-refractivity contribution in [3.8, 4) is 0 Å². The highest BCUT2D eigenvalue weighted by Gasteiger charge is 2.24. The summed E-state index contributed by atoms with van der Waals surface area (Å²) in [4.78, 5) is 16.6. The van der Waals surface area contributed by atoms with Crippen LogP contribution >= 0.6 is 11.6 Å². The minimum absolute atomic E-state index is 0.234. The maximum Gasteiger partial charge on any atom is 0.407 e. The van der Waals surface area contributed by atoms with Gasteiger partial charge in [0.15, 0.2) is 0 Å². The number of pyridine rings is 1. The fourth-order valence-electron chi connectivity index (χ4n) is 2.40. The van der Waals surface area contributed by atoms with Crippen molar-refractivity contribution < 1.29 is 14.6 Å². The third-order valence-electron chi connectivity index (χ3n) is 3.62. The Hall–Kier alpha value is -2.31. The van der Waals surface area contributed by atoms with Crippen LogP contribution in [0, 0.1) is 0 Å². The van der Waals surface area contributed by atoms with Gasteiger partial charge in [0.1, 0.15) is 11.9 Å². The van der Waals surface area contributed by atoms with Crippen molar-refractivity contribution in [2.45, 2.75) is 6.10 Å². The summed E-state index contributed by atoms with van der Waals surface area (Å²) < 4.78 is 5.66. The first-order valence-corrected chi connectivity index (χ1v) is 7.57. The molecular weight excluding hydrogens is 318 g/mol. The first kappa shape index (κ1) is 15.6. The number of halogens is 1. The lowest BCUT2D eigenvalue weighted by molar-refractivity contribution is -0.0231. The average molecular weight is 334 g/mol. The number of morpholine rings is 1. The molecule has 0 spiro atoms. The predicted molar refractivity (Wildman–Crippen MR) is 87.3 cm³/mol. The monoisotopic (exact) mass is 333 g/mol. The van der Waals surface area contributed by atoms with Crippen LogP contribution in [-0.4, -0.2) is 40.8 Å². The summed E-state index contributed by atoms with van der Waals surface area (Å²) in [5.41, 5.74) is 1.83. The van der Waals surface area contributed by atoms with Gasteiger partial charge in [-0.1, -0.05) is 23.7 Å². The van der Waals surface area contributed by atoms with Crippen LogP contribution in [0.5, 0.6) is 0 Å². The van der Waals surface area contributed by atoms with E-state index in [1.54, 1.807) is 18.3 Å². The van der Waals surface area contributed by atoms with Crippen LogP contribution in [0.25, 0.3) is 0 Å². The predicted octanol–water partition coefficient (Wildman–Crippen LogP) is 3.53. The van der Waals surface area contributed by atoms with Crippen LogP contribution in [0.15, 0.2) is 42.6 Å². The average Bonchev–Trinajstić information content (AvgIpc) is 2.58. The third-order valence-corrected chi connectivity index (χ3v) is 3.84. The SMILES string of the molecule is O=C(O)N1CCOC(c2ccc(Nc3ccc(Cl)cn3)cc2)C1. The molecule has 3 rings (SSSR count). The number of ether oxygens (including phenoxy) is 1. The Morgan fingerprint density at radius 1 is 1.30 bits per heavy atom. The van der Waals surface area contributed by atoms with Crippen LogP contribution in [-0.2, 0) is 4.74 Å². The molecule has 120 valence electrons. The minimum Gasteiger partial charge on any atom is -0.465 e. The zero-order chi connectivity index (χ0) is 16.2. The first-order chi connectivity index (χ1) is 11.1. The summed E-state index contributed by atoms with van der Waals surface area (Å²) in [6.45, 7) is 1.17. The van der Waals surface area contributed by atoms with Crippen molar-refractivity contribution in [1.82, 2.24) is 9.88 Å². The second-order valence-electron chi connectivity index (χ2n) is 5.20. The van der Waals surface area contributed by atoms with E-state index in [1.807, 2.05) is 24.3 Å². The topological polar surface area (TPSA) is 74.7 Å². The number of aromatic nitrogens is 1. The van der Waals surface area contributed by atoms with Gasteiger partial charge >= 0.3 is 6.09 Å². The number of rotatable bonds is 3. The lowest BCUT2D eigenvalue weighted by Crippen LogP contribution is -2.41. The molecule has 1 aromatic heterocycles. The standard InChI is InChI=1S/C16H16ClN3O3/c17-12-3-6-15(18-9-12)19-13-4-1-11(2-5-13)14-10-20(16(21)22)7-8-23-14/h1-6,9,14H,7-8,10H2,(H,18,19)(H,21,22). The molecule has 23 heavy (non-hydrogen) atoms. The van der Waals surface area contributed by atoms with Gasteiger partial charge in [0.25, 0.3) is 0 Å². The van der Waals surface area contributed by atoms with E-state index < -0.39 is 6.09 Å². The highest BCUT2D eigenvalue weighted by Crippen LogP contribution is 2.24. The molecule has 1 aliphatic rings. The van der Waals surface area contributed by atoms with E-state index in [4.69, 9.17) is 21.4 Å². The second-order valence-corrected chi connectivity index (χ2v) is 5.63. The van der Waals surface area contributed by atoms with E-state index in [9.17, 15) is 4.79 Å². The number of nitrogens with zero attached hydrogens (tertiary/aromatic N) is 2. The van der Waals surface area contributed by atoms with Crippen molar-refractivity contribution >= 4 is 29.2 Å². The van der Waals surface area contributed by atoms with Crippen LogP contribution in [0.4, 0.5) is 16.3 Å². The molecule has 0 saturated carbocycles. The number of carbonyl (C=O) groups is 1. The summed E-state index contributed by atoms with van der Waals surface area (Å²) in [5, 5.41) is 12.8. The van der Waals surface area contributed by atoms with Crippen molar-refractivity contribution in [2.24, 2.45) is 0 Å². The molecule has 1 fully saturated rings. The second kappa shape index (κ2) is 6.85. The van der Waals surface area contributed by atoms with Gasteiger partial charge in [0, 0.05) is 18.4 Å². The Morgan fingerprint density at radius 2 is 2.09 bits per heavy atom. The van der Waals surface area contributed by atoms with Gasteiger partial charge in [-0.2, -0.15) is 0 Å². The van der Waals surface area contributed by atoms with Crippen molar-refractivity contribution in [3.05, 3.63) is 53.2 Å². The number of hydrogen-bond donors (Lipinski definition) is 2. The Balaban J connectivity index is 1.67. The normalized spacial score (nSPS) is 17.8. The first-order valence-electron chi connectivity index (χ1n) is 7.20. The van der Waals surface area contributed by atoms with Gasteiger partial charge in [0.2, 0.25) is 0 Å². The van der Waals surface area contributed by atoms with Gasteiger partial charge in [-0.25, -0.2) is 9.78 Å². The molecule has 2 N–H and O–H groups in total. The van der Waals surface area contributed by atoms with Crippen LogP contribution in [0.2, 0.25) is 5.02 Å². The molecule has 1 amide bonds. The Morgan fingerprint density at radius 3 is 2.74 bits per heavy atom. The molecular formula is C16H16ClN3O3. The van der Waals surface area contributed by atoms with Crippen LogP contribution in [0.1, 0.15) is 11.7 Å². The quantitative estimate of drug-likeness (QED) is 0.898. The van der Waals surface area contributed by atoms with Gasteiger partial charge in [-0.05, 0) is 29.8 Å². The molecule has 0 radical (unpaired) electrons. The molecule has 1 unspecified atom stereocenters. The van der Waals surface area contributed by atoms with E-state index in [0.29, 0.717) is 30.5 Å².